The number of methoxy groups -OCH3 is 1. The second-order valence-electron chi connectivity index (χ2n) is 7.55. The van der Waals surface area contributed by atoms with Gasteiger partial charge in [-0.25, -0.2) is 0 Å². The summed E-state index contributed by atoms with van der Waals surface area (Å²) in [6.45, 7) is 1.50. The number of piperidine rings is 1. The number of nitrogens with one attached hydrogen (secondary N) is 1. The number of benzene rings is 1. The molecule has 0 aliphatic carbocycles. The van der Waals surface area contributed by atoms with Crippen molar-refractivity contribution >= 4 is 16.9 Å². The molecule has 0 radical (unpaired) electrons. The molecule has 0 saturated carbocycles. The molecule has 1 N–H and O–H groups in total. The molecule has 2 aromatic rings. The highest BCUT2D eigenvalue weighted by Crippen LogP contribution is 2.45. The zero-order chi connectivity index (χ0) is 18.4. The van der Waals surface area contributed by atoms with Crippen LogP contribution in [-0.4, -0.2) is 56.1 Å². The fourth-order valence-corrected chi connectivity index (χ4v) is 4.49. The number of carbonyl (C=O) groups is 1. The Morgan fingerprint density at radius 1 is 1.42 bits per heavy atom. The number of rotatable bonds is 2. The van der Waals surface area contributed by atoms with E-state index in [1.807, 2.05) is 36.4 Å². The minimum Gasteiger partial charge on any atom is -0.633 e. The molecule has 138 valence electrons. The third-order valence-corrected chi connectivity index (χ3v) is 5.80. The van der Waals surface area contributed by atoms with Gasteiger partial charge < -0.3 is 24.3 Å². The molecule has 0 unspecified atom stereocenters. The van der Waals surface area contributed by atoms with E-state index in [0.717, 1.165) is 22.2 Å². The van der Waals surface area contributed by atoms with Gasteiger partial charge in [0.25, 0.3) is 0 Å². The number of aromatic amines is 1. The van der Waals surface area contributed by atoms with Crippen molar-refractivity contribution in [3.05, 3.63) is 52.9 Å². The van der Waals surface area contributed by atoms with Gasteiger partial charge in [0.15, 0.2) is 0 Å². The normalized spacial score (nSPS) is 31.8. The first-order valence-electron chi connectivity index (χ1n) is 8.95. The molecule has 3 atom stereocenters. The first-order valence-corrected chi connectivity index (χ1v) is 8.95. The average Bonchev–Trinajstić information content (AvgIpc) is 2.97. The number of quaternary nitrogens is 1. The van der Waals surface area contributed by atoms with Crippen LogP contribution >= 0.6 is 0 Å². The fraction of sp³-hybridized carbons (Fsp3) is 0.450. The van der Waals surface area contributed by atoms with Gasteiger partial charge in [0.1, 0.15) is 12.0 Å². The molecular formula is C20H24N2O4. The van der Waals surface area contributed by atoms with Crippen molar-refractivity contribution in [1.82, 2.24) is 4.98 Å². The number of nitrogens with zero attached hydrogens (tertiary/aromatic N) is 1. The van der Waals surface area contributed by atoms with Gasteiger partial charge in [-0.15, -0.1) is 0 Å². The molecule has 0 spiro atoms. The van der Waals surface area contributed by atoms with E-state index < -0.39 is 5.41 Å². The summed E-state index contributed by atoms with van der Waals surface area (Å²) in [6.07, 6.45) is 2.60. The van der Waals surface area contributed by atoms with Crippen molar-refractivity contribution < 1.29 is 18.9 Å². The summed E-state index contributed by atoms with van der Waals surface area (Å²) in [7, 11) is 3.10. The van der Waals surface area contributed by atoms with E-state index in [1.165, 1.54) is 7.11 Å². The standard InChI is InChI=1S/C20H24N2O4/c1-22(24)9-7-16-15(12-22)8-10-26-13-20(16,19(23)25-2)18-11-14-5-3-4-6-17(14)21-18/h3-6,8,11,16,21H,7,9-10,12-13H2,1-2H3/t16-,20-,22+/m0/s1. The number of hydrogen-bond acceptors (Lipinski definition) is 4. The molecule has 0 amide bonds. The first-order chi connectivity index (χ1) is 12.5. The summed E-state index contributed by atoms with van der Waals surface area (Å²) in [5, 5.41) is 13.6. The van der Waals surface area contributed by atoms with Crippen LogP contribution in [0.3, 0.4) is 0 Å². The van der Waals surface area contributed by atoms with Crippen LogP contribution in [0.4, 0.5) is 0 Å². The number of ether oxygens (including phenoxy) is 2. The molecular weight excluding hydrogens is 332 g/mol. The molecule has 6 heteroatoms. The van der Waals surface area contributed by atoms with Gasteiger partial charge in [-0.2, -0.15) is 0 Å². The number of esters is 1. The second-order valence-corrected chi connectivity index (χ2v) is 7.55. The molecule has 3 heterocycles. The smallest absolute Gasteiger partial charge is 0.320 e. The Labute approximate surface area is 152 Å². The first kappa shape index (κ1) is 17.3. The Bertz CT molecular complexity index is 837. The lowest BCUT2D eigenvalue weighted by Gasteiger charge is -2.48. The predicted octanol–water partition coefficient (Wildman–Crippen LogP) is 2.50. The maximum absolute atomic E-state index is 13.1. The second kappa shape index (κ2) is 6.23. The maximum Gasteiger partial charge on any atom is 0.320 e. The quantitative estimate of drug-likeness (QED) is 0.388. The van der Waals surface area contributed by atoms with Crippen LogP contribution in [-0.2, 0) is 19.7 Å². The number of H-pyrrole nitrogens is 1. The summed E-state index contributed by atoms with van der Waals surface area (Å²) in [5.41, 5.74) is 1.80. The Hall–Kier alpha value is -2.15. The lowest BCUT2D eigenvalue weighted by molar-refractivity contribution is -0.860. The minimum absolute atomic E-state index is 0.106. The lowest BCUT2D eigenvalue weighted by atomic mass is 9.67. The Kier molecular flexibility index (Phi) is 4.14. The van der Waals surface area contributed by atoms with Crippen molar-refractivity contribution in [2.24, 2.45) is 5.92 Å². The summed E-state index contributed by atoms with van der Waals surface area (Å²) in [5.74, 6) is -0.422. The van der Waals surface area contributed by atoms with Gasteiger partial charge in [-0.1, -0.05) is 24.3 Å². The molecule has 4 rings (SSSR count). The van der Waals surface area contributed by atoms with Crippen molar-refractivity contribution in [1.29, 1.82) is 0 Å². The van der Waals surface area contributed by atoms with E-state index in [9.17, 15) is 10.0 Å². The van der Waals surface area contributed by atoms with Crippen LogP contribution in [0.2, 0.25) is 0 Å². The van der Waals surface area contributed by atoms with E-state index in [4.69, 9.17) is 9.47 Å². The van der Waals surface area contributed by atoms with Crippen molar-refractivity contribution in [3.8, 4) is 0 Å². The summed E-state index contributed by atoms with van der Waals surface area (Å²) < 4.78 is 10.8. The predicted molar refractivity (Wildman–Crippen MR) is 98.3 cm³/mol. The van der Waals surface area contributed by atoms with E-state index in [-0.39, 0.29) is 23.1 Å². The maximum atomic E-state index is 13.1. The molecule has 1 aromatic heterocycles. The Balaban J connectivity index is 1.88. The van der Waals surface area contributed by atoms with Crippen molar-refractivity contribution in [2.45, 2.75) is 11.8 Å². The van der Waals surface area contributed by atoms with Gasteiger partial charge in [0, 0.05) is 23.5 Å². The molecule has 2 aliphatic heterocycles. The Morgan fingerprint density at radius 3 is 3.00 bits per heavy atom. The molecule has 1 aromatic carbocycles. The zero-order valence-electron chi connectivity index (χ0n) is 15.2. The van der Waals surface area contributed by atoms with E-state index in [1.54, 1.807) is 7.05 Å². The van der Waals surface area contributed by atoms with Gasteiger partial charge in [0.2, 0.25) is 0 Å². The third-order valence-electron chi connectivity index (χ3n) is 5.80. The molecule has 2 aliphatic rings. The van der Waals surface area contributed by atoms with Gasteiger partial charge in [-0.05, 0) is 23.1 Å². The van der Waals surface area contributed by atoms with Crippen LogP contribution in [0, 0.1) is 11.1 Å². The SMILES string of the molecule is COC(=O)[C@@]1(c2cc3ccccc3[nH]2)COCC=C2C[N@+](C)([O-])CC[C@@H]21. The van der Waals surface area contributed by atoms with Gasteiger partial charge >= 0.3 is 5.97 Å². The minimum atomic E-state index is -0.962. The van der Waals surface area contributed by atoms with Crippen LogP contribution in [0.1, 0.15) is 12.1 Å². The average molecular weight is 356 g/mol. The van der Waals surface area contributed by atoms with Crippen molar-refractivity contribution in [2.75, 3.05) is 40.5 Å². The number of carbonyl (C=O) groups excluding carboxylic acids is 1. The number of likely N-dealkylation sites (N-methyl/N-ethyl adjacent to an activating group) is 1. The largest absolute Gasteiger partial charge is 0.633 e. The summed E-state index contributed by atoms with van der Waals surface area (Å²) >= 11 is 0. The molecule has 26 heavy (non-hydrogen) atoms. The topological polar surface area (TPSA) is 74.4 Å². The van der Waals surface area contributed by atoms with Crippen molar-refractivity contribution in [3.63, 3.8) is 0 Å². The highest BCUT2D eigenvalue weighted by atomic mass is 16.5. The summed E-state index contributed by atoms with van der Waals surface area (Å²) in [4.78, 5) is 16.5. The van der Waals surface area contributed by atoms with Crippen LogP contribution in [0.5, 0.6) is 0 Å². The molecule has 1 saturated heterocycles. The van der Waals surface area contributed by atoms with Gasteiger partial charge in [-0.3, -0.25) is 4.79 Å². The van der Waals surface area contributed by atoms with Gasteiger partial charge in [0.05, 0.1) is 33.9 Å². The number of aromatic nitrogens is 1. The van der Waals surface area contributed by atoms with E-state index in [0.29, 0.717) is 26.1 Å². The highest BCUT2D eigenvalue weighted by Gasteiger charge is 2.54. The summed E-state index contributed by atoms with van der Waals surface area (Å²) in [6, 6.07) is 9.95. The van der Waals surface area contributed by atoms with Crippen LogP contribution in [0.25, 0.3) is 10.9 Å². The number of likely N-dealkylation sites (tertiary alicyclic amines) is 1. The number of fused-ring (bicyclic) bond motifs is 2. The van der Waals surface area contributed by atoms with Crippen LogP contribution in [0.15, 0.2) is 42.0 Å². The van der Waals surface area contributed by atoms with E-state index >= 15 is 0 Å². The monoisotopic (exact) mass is 356 g/mol. The fourth-order valence-electron chi connectivity index (χ4n) is 4.49. The van der Waals surface area contributed by atoms with Crippen LogP contribution < -0.4 is 0 Å². The highest BCUT2D eigenvalue weighted by molar-refractivity contribution is 5.88. The Morgan fingerprint density at radius 2 is 2.23 bits per heavy atom. The van der Waals surface area contributed by atoms with E-state index in [2.05, 4.69) is 4.98 Å². The number of para-hydroxylation sites is 1. The number of hydroxylamine groups is 3. The molecule has 1 fully saturated rings. The molecule has 0 bridgehead atoms. The zero-order valence-corrected chi connectivity index (χ0v) is 15.2. The lowest BCUT2D eigenvalue weighted by Crippen LogP contribution is -2.55. The molecule has 6 nitrogen and oxygen atoms in total. The number of hydrogen-bond donors (Lipinski definition) is 1. The third kappa shape index (κ3) is 2.65.